The third-order valence-corrected chi connectivity index (χ3v) is 6.19. The Balaban J connectivity index is 1.69. The Bertz CT molecular complexity index is 1200. The molecule has 170 valence electrons. The van der Waals surface area contributed by atoms with Gasteiger partial charge in [0.05, 0.1) is 15.7 Å². The maximum atomic E-state index is 13.9. The predicted octanol–water partition coefficient (Wildman–Crippen LogP) is 5.80. The van der Waals surface area contributed by atoms with E-state index >= 15 is 0 Å². The number of carbonyl (C=O) groups is 2. The second kappa shape index (κ2) is 10.7. The minimum Gasteiger partial charge on any atom is -0.325 e. The van der Waals surface area contributed by atoms with Crippen molar-refractivity contribution in [3.8, 4) is 0 Å². The molecule has 0 spiro atoms. The van der Waals surface area contributed by atoms with Crippen molar-refractivity contribution in [2.75, 3.05) is 10.6 Å². The number of rotatable bonds is 8. The van der Waals surface area contributed by atoms with Gasteiger partial charge in [-0.05, 0) is 55.3 Å². The first-order chi connectivity index (χ1) is 15.8. The molecule has 1 atom stereocenters. The minimum atomic E-state index is -0.607. The summed E-state index contributed by atoms with van der Waals surface area (Å²) < 4.78 is 13.9. The Hall–Kier alpha value is -3.72. The van der Waals surface area contributed by atoms with Crippen LogP contribution in [0.3, 0.4) is 0 Å². The van der Waals surface area contributed by atoms with Gasteiger partial charge >= 0.3 is 0 Å². The van der Waals surface area contributed by atoms with Crippen LogP contribution in [0.2, 0.25) is 0 Å². The number of hydrogen-bond donors (Lipinski definition) is 2. The predicted molar refractivity (Wildman–Crippen MR) is 127 cm³/mol. The number of nitrogens with one attached hydrogen (secondary N) is 2. The largest absolute Gasteiger partial charge is 0.325 e. The van der Waals surface area contributed by atoms with Gasteiger partial charge < -0.3 is 10.6 Å². The number of thioether (sulfide) groups is 1. The summed E-state index contributed by atoms with van der Waals surface area (Å²) in [7, 11) is 0. The molecule has 7 nitrogen and oxygen atoms in total. The molecule has 0 aromatic heterocycles. The van der Waals surface area contributed by atoms with Crippen LogP contribution in [-0.4, -0.2) is 22.0 Å². The number of halogens is 1. The number of carbonyl (C=O) groups excluding carboxylic acids is 2. The Morgan fingerprint density at radius 1 is 1.06 bits per heavy atom. The van der Waals surface area contributed by atoms with Crippen LogP contribution < -0.4 is 10.6 Å². The smallest absolute Gasteiger partial charge is 0.269 e. The number of non-ortho nitro benzene ring substituents is 1. The molecule has 2 N–H and O–H groups in total. The molecule has 0 radical (unpaired) electrons. The van der Waals surface area contributed by atoms with Crippen LogP contribution in [0.4, 0.5) is 21.5 Å². The standard InChI is InChI=1S/C24H22FN3O4S/c1-3-22(24(30)27-21-12-11-17(28(31)32)13-15(21)2)33-18-8-6-7-16(14-18)26-23(29)19-9-4-5-10-20(19)25/h4-14,22H,3H2,1-2H3,(H,26,29)(H,27,30). The number of amides is 2. The summed E-state index contributed by atoms with van der Waals surface area (Å²) in [5.74, 6) is -1.40. The van der Waals surface area contributed by atoms with E-state index in [0.717, 1.165) is 4.90 Å². The summed E-state index contributed by atoms with van der Waals surface area (Å²) >= 11 is 1.32. The number of nitrogens with zero attached hydrogens (tertiary/aromatic N) is 1. The number of nitro benzene ring substituents is 1. The van der Waals surface area contributed by atoms with Gasteiger partial charge in [0.1, 0.15) is 5.82 Å². The first-order valence-corrected chi connectivity index (χ1v) is 11.0. The second-order valence-corrected chi connectivity index (χ2v) is 8.50. The number of anilines is 2. The zero-order chi connectivity index (χ0) is 24.0. The van der Waals surface area contributed by atoms with Crippen LogP contribution in [0, 0.1) is 22.9 Å². The maximum absolute atomic E-state index is 13.9. The highest BCUT2D eigenvalue weighted by molar-refractivity contribution is 8.00. The normalized spacial score (nSPS) is 11.5. The van der Waals surface area contributed by atoms with Crippen molar-refractivity contribution in [1.82, 2.24) is 0 Å². The summed E-state index contributed by atoms with van der Waals surface area (Å²) in [6.07, 6.45) is 0.536. The highest BCUT2D eigenvalue weighted by atomic mass is 32.2. The molecule has 0 aliphatic carbocycles. The van der Waals surface area contributed by atoms with Crippen molar-refractivity contribution in [3.63, 3.8) is 0 Å². The van der Waals surface area contributed by atoms with Crippen LogP contribution in [0.1, 0.15) is 29.3 Å². The summed E-state index contributed by atoms with van der Waals surface area (Å²) in [4.78, 5) is 36.4. The van der Waals surface area contributed by atoms with Crippen molar-refractivity contribution in [2.24, 2.45) is 0 Å². The topological polar surface area (TPSA) is 101 Å². The van der Waals surface area contributed by atoms with Crippen LogP contribution in [0.25, 0.3) is 0 Å². The Labute approximate surface area is 194 Å². The second-order valence-electron chi connectivity index (χ2n) is 7.22. The summed E-state index contributed by atoms with van der Waals surface area (Å²) in [6.45, 7) is 3.57. The van der Waals surface area contributed by atoms with Gasteiger partial charge in [0, 0.05) is 28.4 Å². The quantitative estimate of drug-likeness (QED) is 0.248. The van der Waals surface area contributed by atoms with E-state index in [0.29, 0.717) is 23.4 Å². The molecule has 3 aromatic rings. The van der Waals surface area contributed by atoms with Gasteiger partial charge in [-0.3, -0.25) is 19.7 Å². The highest BCUT2D eigenvalue weighted by Crippen LogP contribution is 2.29. The summed E-state index contributed by atoms with van der Waals surface area (Å²) in [6, 6.07) is 16.9. The van der Waals surface area contributed by atoms with E-state index in [-0.39, 0.29) is 17.2 Å². The van der Waals surface area contributed by atoms with Crippen molar-refractivity contribution in [2.45, 2.75) is 30.4 Å². The monoisotopic (exact) mass is 467 g/mol. The van der Waals surface area contributed by atoms with E-state index in [1.165, 1.54) is 48.2 Å². The number of hydrogen-bond acceptors (Lipinski definition) is 5. The minimum absolute atomic E-state index is 0.0406. The van der Waals surface area contributed by atoms with Gasteiger partial charge in [-0.25, -0.2) is 4.39 Å². The zero-order valence-corrected chi connectivity index (χ0v) is 18.8. The van der Waals surface area contributed by atoms with Crippen molar-refractivity contribution in [1.29, 1.82) is 0 Å². The molecule has 9 heteroatoms. The van der Waals surface area contributed by atoms with E-state index in [4.69, 9.17) is 0 Å². The molecule has 0 saturated heterocycles. The van der Waals surface area contributed by atoms with E-state index in [9.17, 15) is 24.1 Å². The van der Waals surface area contributed by atoms with Gasteiger partial charge in [0.25, 0.3) is 11.6 Å². The lowest BCUT2D eigenvalue weighted by Gasteiger charge is -2.16. The van der Waals surface area contributed by atoms with E-state index in [1.807, 2.05) is 13.0 Å². The van der Waals surface area contributed by atoms with Crippen LogP contribution in [0.5, 0.6) is 0 Å². The van der Waals surface area contributed by atoms with E-state index in [1.54, 1.807) is 31.2 Å². The molecule has 33 heavy (non-hydrogen) atoms. The average Bonchev–Trinajstić information content (AvgIpc) is 2.79. The first-order valence-electron chi connectivity index (χ1n) is 10.2. The summed E-state index contributed by atoms with van der Waals surface area (Å²) in [5, 5.41) is 16.0. The van der Waals surface area contributed by atoms with Gasteiger partial charge in [0.15, 0.2) is 0 Å². The molecule has 1 unspecified atom stereocenters. The molecule has 0 saturated carbocycles. The summed E-state index contributed by atoms with van der Waals surface area (Å²) in [5.41, 5.74) is 1.49. The highest BCUT2D eigenvalue weighted by Gasteiger charge is 2.20. The van der Waals surface area contributed by atoms with Crippen LogP contribution in [0.15, 0.2) is 71.6 Å². The van der Waals surface area contributed by atoms with Gasteiger partial charge in [-0.1, -0.05) is 25.1 Å². The lowest BCUT2D eigenvalue weighted by molar-refractivity contribution is -0.384. The molecular weight excluding hydrogens is 445 g/mol. The van der Waals surface area contributed by atoms with Gasteiger partial charge in [-0.15, -0.1) is 11.8 Å². The molecule has 3 aromatic carbocycles. The Kier molecular flexibility index (Phi) is 7.78. The van der Waals surface area contributed by atoms with E-state index < -0.39 is 21.9 Å². The molecule has 2 amide bonds. The Morgan fingerprint density at radius 2 is 1.82 bits per heavy atom. The fourth-order valence-electron chi connectivity index (χ4n) is 3.09. The molecule has 0 aliphatic rings. The molecular formula is C24H22FN3O4S. The lowest BCUT2D eigenvalue weighted by Crippen LogP contribution is -2.25. The van der Waals surface area contributed by atoms with Crippen molar-refractivity contribution >= 4 is 40.6 Å². The number of aryl methyl sites for hydroxylation is 1. The molecule has 0 aliphatic heterocycles. The van der Waals surface area contributed by atoms with Gasteiger partial charge in [0.2, 0.25) is 5.91 Å². The first kappa shape index (κ1) is 23.9. The Morgan fingerprint density at radius 3 is 2.48 bits per heavy atom. The molecule has 0 fully saturated rings. The SMILES string of the molecule is CCC(Sc1cccc(NC(=O)c2ccccc2F)c1)C(=O)Nc1ccc([N+](=O)[O-])cc1C. The van der Waals surface area contributed by atoms with Crippen molar-refractivity contribution < 1.29 is 18.9 Å². The molecule has 0 heterocycles. The fourth-order valence-corrected chi connectivity index (χ4v) is 4.11. The zero-order valence-electron chi connectivity index (χ0n) is 18.0. The number of benzene rings is 3. The maximum Gasteiger partial charge on any atom is 0.269 e. The third kappa shape index (κ3) is 6.17. The van der Waals surface area contributed by atoms with Crippen LogP contribution in [-0.2, 0) is 4.79 Å². The van der Waals surface area contributed by atoms with E-state index in [2.05, 4.69) is 10.6 Å². The van der Waals surface area contributed by atoms with Crippen molar-refractivity contribution in [3.05, 3.63) is 93.8 Å². The van der Waals surface area contributed by atoms with Crippen LogP contribution >= 0.6 is 11.8 Å². The average molecular weight is 468 g/mol. The van der Waals surface area contributed by atoms with Gasteiger partial charge in [-0.2, -0.15) is 0 Å². The number of nitro groups is 1. The lowest BCUT2D eigenvalue weighted by atomic mass is 10.1. The molecule has 3 rings (SSSR count). The molecule has 0 bridgehead atoms. The third-order valence-electron chi connectivity index (χ3n) is 4.83. The fraction of sp³-hybridized carbons (Fsp3) is 0.167.